The Hall–Kier alpha value is -5.12. The number of aromatic nitrogens is 2. The van der Waals surface area contributed by atoms with Crippen molar-refractivity contribution in [3.05, 3.63) is 107 Å². The first-order chi connectivity index (χ1) is 20.7. The summed E-state index contributed by atoms with van der Waals surface area (Å²) in [6.07, 6.45) is 0.814. The van der Waals surface area contributed by atoms with E-state index < -0.39 is 23.9 Å². The molecule has 43 heavy (non-hydrogen) atoms. The number of amides is 2. The van der Waals surface area contributed by atoms with E-state index in [1.165, 1.54) is 77.5 Å². The molecule has 0 bridgehead atoms. The van der Waals surface area contributed by atoms with Crippen LogP contribution in [-0.2, 0) is 5.92 Å². The van der Waals surface area contributed by atoms with Crippen molar-refractivity contribution in [1.29, 1.82) is 5.26 Å². The van der Waals surface area contributed by atoms with Gasteiger partial charge < -0.3 is 20.1 Å². The second-order valence-electron chi connectivity index (χ2n) is 9.92. The first-order valence-electron chi connectivity index (χ1n) is 13.3. The van der Waals surface area contributed by atoms with Gasteiger partial charge in [-0.15, -0.1) is 0 Å². The summed E-state index contributed by atoms with van der Waals surface area (Å²) in [6.45, 7) is 0.220. The highest BCUT2D eigenvalue weighted by Gasteiger charge is 2.38. The van der Waals surface area contributed by atoms with Crippen LogP contribution < -0.4 is 15.0 Å². The van der Waals surface area contributed by atoms with Gasteiger partial charge in [-0.05, 0) is 37.4 Å². The molecule has 12 heteroatoms. The monoisotopic (exact) mass is 586 g/mol. The number of benzene rings is 3. The van der Waals surface area contributed by atoms with Crippen molar-refractivity contribution in [2.24, 2.45) is 0 Å². The summed E-state index contributed by atoms with van der Waals surface area (Å²) in [6, 6.07) is 19.3. The molecule has 10 nitrogen and oxygen atoms in total. The van der Waals surface area contributed by atoms with Crippen molar-refractivity contribution >= 4 is 23.2 Å². The molecule has 2 heterocycles. The van der Waals surface area contributed by atoms with Crippen molar-refractivity contribution in [1.82, 2.24) is 14.7 Å². The van der Waals surface area contributed by atoms with Crippen molar-refractivity contribution in [3.8, 4) is 11.8 Å². The van der Waals surface area contributed by atoms with Gasteiger partial charge in [-0.3, -0.25) is 14.5 Å². The summed E-state index contributed by atoms with van der Waals surface area (Å²) in [7, 11) is 3.17. The molecule has 220 valence electrons. The average molecular weight is 587 g/mol. The number of methoxy groups -OCH3 is 1. The molecular formula is C31H28F2N6O4. The maximum atomic E-state index is 15.2. The van der Waals surface area contributed by atoms with E-state index in [0.29, 0.717) is 11.4 Å². The van der Waals surface area contributed by atoms with Crippen LogP contribution >= 0.6 is 0 Å². The Kier molecular flexibility index (Phi) is 8.20. The van der Waals surface area contributed by atoms with Gasteiger partial charge in [0.25, 0.3) is 17.7 Å². The van der Waals surface area contributed by atoms with Crippen molar-refractivity contribution < 1.29 is 28.2 Å². The number of carbonyl (C=O) groups excluding carboxylic acids is 2. The zero-order chi connectivity index (χ0) is 30.7. The maximum Gasteiger partial charge on any atom is 0.298 e. The number of rotatable bonds is 9. The number of hydrogen-bond acceptors (Lipinski definition) is 7. The number of alkyl halides is 2. The number of aliphatic hydroxyl groups excluding tert-OH is 1. The number of nitrogens with zero attached hydrogens (tertiary/aromatic N) is 5. The molecule has 0 fully saturated rings. The Labute approximate surface area is 246 Å². The number of likely N-dealkylation sites (N-methyl/N-ethyl adjacent to an activating group) is 1. The predicted molar refractivity (Wildman–Crippen MR) is 154 cm³/mol. The molecule has 1 aliphatic rings. The van der Waals surface area contributed by atoms with E-state index in [1.807, 2.05) is 6.07 Å². The van der Waals surface area contributed by atoms with Gasteiger partial charge in [-0.2, -0.15) is 19.1 Å². The molecule has 1 aliphatic heterocycles. The van der Waals surface area contributed by atoms with E-state index in [4.69, 9.17) is 4.74 Å². The number of hydrogen-bond donors (Lipinski definition) is 2. The Morgan fingerprint density at radius 1 is 1.16 bits per heavy atom. The number of fused-ring (bicyclic) bond motifs is 1. The highest BCUT2D eigenvalue weighted by atomic mass is 19.3. The van der Waals surface area contributed by atoms with E-state index >= 15 is 8.78 Å². The average Bonchev–Trinajstić information content (AvgIpc) is 3.45. The molecule has 4 aromatic rings. The lowest BCUT2D eigenvalue weighted by atomic mass is 10.00. The fourth-order valence-corrected chi connectivity index (χ4v) is 5.00. The lowest BCUT2D eigenvalue weighted by molar-refractivity contribution is 0.0428. The summed E-state index contributed by atoms with van der Waals surface area (Å²) >= 11 is 0. The molecule has 0 radical (unpaired) electrons. The number of aliphatic hydroxyl groups is 1. The van der Waals surface area contributed by atoms with E-state index in [9.17, 15) is 20.0 Å². The molecule has 0 saturated carbocycles. The van der Waals surface area contributed by atoms with Crippen molar-refractivity contribution in [2.75, 3.05) is 44.1 Å². The third-order valence-electron chi connectivity index (χ3n) is 7.34. The van der Waals surface area contributed by atoms with Crippen LogP contribution in [0.25, 0.3) is 0 Å². The Morgan fingerprint density at radius 2 is 1.86 bits per heavy atom. The lowest BCUT2D eigenvalue weighted by Gasteiger charge is -2.38. The highest BCUT2D eigenvalue weighted by Crippen LogP contribution is 2.37. The van der Waals surface area contributed by atoms with Gasteiger partial charge in [0.2, 0.25) is 0 Å². The third kappa shape index (κ3) is 5.55. The molecule has 1 atom stereocenters. The molecular weight excluding hydrogens is 558 g/mol. The number of carbonyl (C=O) groups is 2. The summed E-state index contributed by atoms with van der Waals surface area (Å²) in [5, 5.41) is 26.0. The van der Waals surface area contributed by atoms with Crippen LogP contribution in [-0.4, -0.2) is 65.5 Å². The minimum atomic E-state index is -3.24. The van der Waals surface area contributed by atoms with E-state index in [0.717, 1.165) is 0 Å². The molecule has 1 aromatic heterocycles. The van der Waals surface area contributed by atoms with Crippen molar-refractivity contribution in [3.63, 3.8) is 0 Å². The fraction of sp³-hybridized carbons (Fsp3) is 0.226. The minimum Gasteiger partial charge on any atom is -0.495 e. The number of nitrogens with one attached hydrogen (secondary N) is 1. The summed E-state index contributed by atoms with van der Waals surface area (Å²) in [5.41, 5.74) is 0.535. The zero-order valence-corrected chi connectivity index (χ0v) is 23.4. The second kappa shape index (κ2) is 12.0. The van der Waals surface area contributed by atoms with Gasteiger partial charge in [0.15, 0.2) is 5.69 Å². The largest absolute Gasteiger partial charge is 0.495 e. The second-order valence-corrected chi connectivity index (χ2v) is 9.92. The molecule has 0 saturated heterocycles. The quantitative estimate of drug-likeness (QED) is 0.301. The molecule has 0 aliphatic carbocycles. The predicted octanol–water partition coefficient (Wildman–Crippen LogP) is 4.24. The van der Waals surface area contributed by atoms with Crippen LogP contribution in [0, 0.1) is 11.3 Å². The topological polar surface area (TPSA) is 124 Å². The Bertz CT molecular complexity index is 1680. The fourth-order valence-electron chi connectivity index (χ4n) is 5.00. The van der Waals surface area contributed by atoms with Gasteiger partial charge in [0.05, 0.1) is 37.7 Å². The van der Waals surface area contributed by atoms with E-state index in [2.05, 4.69) is 10.4 Å². The standard InChI is InChI=1S/C31H28F2N6O4/c1-37(14-15-40)27-19-38(24-11-9-23(10-12-24)31(32,33)22-6-4-3-5-7-22)30(42)28-25(18-35-39(27)28)36-29(41)20-8-13-26(43-2)21(16-20)17-34/h3-13,16,18,27,40H,14-15,19H2,1-2H3,(H,36,41). The smallest absolute Gasteiger partial charge is 0.298 e. The van der Waals surface area contributed by atoms with Crippen LogP contribution in [0.5, 0.6) is 5.75 Å². The maximum absolute atomic E-state index is 15.2. The highest BCUT2D eigenvalue weighted by molar-refractivity contribution is 6.13. The summed E-state index contributed by atoms with van der Waals surface area (Å²) < 4.78 is 36.9. The first-order valence-corrected chi connectivity index (χ1v) is 13.3. The SMILES string of the molecule is COc1ccc(C(=O)Nc2cnn3c2C(=O)N(c2ccc(C(F)(F)c4ccccc4)cc2)CC3N(C)CCO)cc1C#N. The third-order valence-corrected chi connectivity index (χ3v) is 7.34. The van der Waals surface area contributed by atoms with Gasteiger partial charge in [0.1, 0.15) is 18.0 Å². The molecule has 2 N–H and O–H groups in total. The van der Waals surface area contributed by atoms with Crippen LogP contribution in [0.3, 0.4) is 0 Å². The number of nitriles is 1. The summed E-state index contributed by atoms with van der Waals surface area (Å²) in [4.78, 5) is 30.2. The molecule has 1 unspecified atom stereocenters. The molecule has 5 rings (SSSR count). The van der Waals surface area contributed by atoms with E-state index in [-0.39, 0.29) is 53.3 Å². The Balaban J connectivity index is 1.47. The Morgan fingerprint density at radius 3 is 2.51 bits per heavy atom. The minimum absolute atomic E-state index is 0.0714. The van der Waals surface area contributed by atoms with E-state index in [1.54, 1.807) is 30.1 Å². The van der Waals surface area contributed by atoms with Crippen LogP contribution in [0.2, 0.25) is 0 Å². The lowest BCUT2D eigenvalue weighted by Crippen LogP contribution is -2.49. The first kappa shape index (κ1) is 29.4. The molecule has 3 aromatic carbocycles. The summed E-state index contributed by atoms with van der Waals surface area (Å²) in [5.74, 6) is -4.00. The van der Waals surface area contributed by atoms with Gasteiger partial charge >= 0.3 is 0 Å². The molecule has 2 amide bonds. The van der Waals surface area contributed by atoms with Gasteiger partial charge in [0, 0.05) is 28.9 Å². The number of halogens is 2. The van der Waals surface area contributed by atoms with Gasteiger partial charge in [-0.1, -0.05) is 42.5 Å². The van der Waals surface area contributed by atoms with Crippen LogP contribution in [0.4, 0.5) is 20.2 Å². The molecule has 0 spiro atoms. The van der Waals surface area contributed by atoms with Gasteiger partial charge in [-0.25, -0.2) is 4.68 Å². The zero-order valence-electron chi connectivity index (χ0n) is 23.4. The van der Waals surface area contributed by atoms with Crippen molar-refractivity contribution in [2.45, 2.75) is 12.1 Å². The normalized spacial score (nSPS) is 14.8. The van der Waals surface area contributed by atoms with Crippen LogP contribution in [0.1, 0.15) is 43.7 Å². The van der Waals surface area contributed by atoms with Crippen LogP contribution in [0.15, 0.2) is 79.0 Å². The number of anilines is 2. The number of ether oxygens (including phenoxy) is 1.